The van der Waals surface area contributed by atoms with Crippen LogP contribution >= 0.6 is 0 Å². The third-order valence-corrected chi connectivity index (χ3v) is 5.83. The molecule has 17 heteroatoms. The Morgan fingerprint density at radius 3 is 1.05 bits per heavy atom. The highest BCUT2D eigenvalue weighted by molar-refractivity contribution is 5.92. The number of hydrogen-bond acceptors (Lipinski definition) is 9. The molecular weight excluding hydrogens is 542 g/mol. The molecule has 17 nitrogen and oxygen atoms in total. The minimum Gasteiger partial charge on any atom is -0.353 e. The van der Waals surface area contributed by atoms with Gasteiger partial charge in [-0.3, -0.25) is 38.4 Å². The van der Waals surface area contributed by atoms with Gasteiger partial charge in [0.15, 0.2) is 0 Å². The molecule has 0 spiro atoms. The molecular formula is C24H43N9O8. The second-order valence-corrected chi connectivity index (χ2v) is 9.66. The van der Waals surface area contributed by atoms with Crippen molar-refractivity contribution in [2.24, 2.45) is 5.73 Å². The van der Waals surface area contributed by atoms with E-state index in [2.05, 4.69) is 5.32 Å². The first-order valence-electron chi connectivity index (χ1n) is 12.6. The van der Waals surface area contributed by atoms with Crippen molar-refractivity contribution in [2.75, 3.05) is 108 Å². The molecule has 0 radical (unpaired) electrons. The minimum absolute atomic E-state index is 0.200. The van der Waals surface area contributed by atoms with Crippen LogP contribution in [0.5, 0.6) is 0 Å². The van der Waals surface area contributed by atoms with Crippen LogP contribution in [0.3, 0.4) is 0 Å². The molecule has 3 N–H and O–H groups in total. The second-order valence-electron chi connectivity index (χ2n) is 9.66. The summed E-state index contributed by atoms with van der Waals surface area (Å²) in [4.78, 5) is 105. The average Bonchev–Trinajstić information content (AvgIpc) is 2.90. The van der Waals surface area contributed by atoms with Gasteiger partial charge in [-0.05, 0) is 0 Å². The minimum atomic E-state index is -0.554. The van der Waals surface area contributed by atoms with E-state index >= 15 is 0 Å². The summed E-state index contributed by atoms with van der Waals surface area (Å²) in [5.74, 6) is -3.49. The molecule has 0 saturated heterocycles. The van der Waals surface area contributed by atoms with Gasteiger partial charge in [0.1, 0.15) is 0 Å². The number of carbonyl (C=O) groups is 8. The summed E-state index contributed by atoms with van der Waals surface area (Å²) in [5, 5.41) is 2.54. The van der Waals surface area contributed by atoms with E-state index in [9.17, 15) is 38.4 Å². The van der Waals surface area contributed by atoms with E-state index in [4.69, 9.17) is 5.73 Å². The Morgan fingerprint density at radius 2 is 0.780 bits per heavy atom. The molecule has 0 aliphatic rings. The van der Waals surface area contributed by atoms with Crippen molar-refractivity contribution < 1.29 is 38.4 Å². The fraction of sp³-hybridized carbons (Fsp3) is 0.667. The topological polar surface area (TPSA) is 197 Å². The first-order valence-corrected chi connectivity index (χ1v) is 12.6. The first kappa shape index (κ1) is 36.7. The van der Waals surface area contributed by atoms with Crippen LogP contribution in [0.2, 0.25) is 0 Å². The lowest BCUT2D eigenvalue weighted by Gasteiger charge is -2.26. The summed E-state index contributed by atoms with van der Waals surface area (Å²) in [6, 6.07) is 0. The predicted molar refractivity (Wildman–Crippen MR) is 147 cm³/mol. The number of hydrogen-bond donors (Lipinski definition) is 2. The molecule has 8 amide bonds. The summed E-state index contributed by atoms with van der Waals surface area (Å²) in [7, 11) is 9.72. The van der Waals surface area contributed by atoms with Gasteiger partial charge in [0, 0.05) is 62.4 Å². The molecule has 0 heterocycles. The highest BCUT2D eigenvalue weighted by Crippen LogP contribution is 1.98. The van der Waals surface area contributed by atoms with Crippen molar-refractivity contribution in [3.05, 3.63) is 0 Å². The Hall–Kier alpha value is -4.28. The molecule has 41 heavy (non-hydrogen) atoms. The summed E-state index contributed by atoms with van der Waals surface area (Å²) in [6.45, 7) is -1.57. The van der Waals surface area contributed by atoms with Gasteiger partial charge in [-0.1, -0.05) is 0 Å². The van der Waals surface area contributed by atoms with Gasteiger partial charge < -0.3 is 45.3 Å². The van der Waals surface area contributed by atoms with Gasteiger partial charge in [-0.2, -0.15) is 0 Å². The third-order valence-electron chi connectivity index (χ3n) is 5.83. The number of amides is 8. The maximum atomic E-state index is 12.6. The number of likely N-dealkylation sites (N-methyl/N-ethyl adjacent to an activating group) is 7. The van der Waals surface area contributed by atoms with E-state index in [1.165, 1.54) is 49.3 Å². The Labute approximate surface area is 240 Å². The zero-order valence-electron chi connectivity index (χ0n) is 24.9. The van der Waals surface area contributed by atoms with Crippen LogP contribution in [0.25, 0.3) is 0 Å². The van der Waals surface area contributed by atoms with E-state index in [0.717, 1.165) is 34.3 Å². The lowest BCUT2D eigenvalue weighted by Crippen LogP contribution is -2.49. The smallest absolute Gasteiger partial charge is 0.242 e. The molecule has 0 aromatic heterocycles. The molecule has 0 rings (SSSR count). The fourth-order valence-electron chi connectivity index (χ4n) is 3.00. The second kappa shape index (κ2) is 18.1. The van der Waals surface area contributed by atoms with E-state index in [1.807, 2.05) is 0 Å². The number of nitrogens with two attached hydrogens (primary N) is 1. The van der Waals surface area contributed by atoms with Gasteiger partial charge in [-0.15, -0.1) is 0 Å². The van der Waals surface area contributed by atoms with Gasteiger partial charge in [-0.25, -0.2) is 0 Å². The van der Waals surface area contributed by atoms with Crippen LogP contribution in [-0.4, -0.2) is 190 Å². The molecule has 0 saturated carbocycles. The van der Waals surface area contributed by atoms with Gasteiger partial charge in [0.25, 0.3) is 0 Å². The van der Waals surface area contributed by atoms with Crippen molar-refractivity contribution in [3.63, 3.8) is 0 Å². The number of nitrogens with zero attached hydrogens (tertiary/aromatic N) is 7. The van der Waals surface area contributed by atoms with Crippen molar-refractivity contribution >= 4 is 47.8 Å². The summed E-state index contributed by atoms with van der Waals surface area (Å²) in [5.41, 5.74) is 5.32. The van der Waals surface area contributed by atoms with Crippen molar-refractivity contribution in [1.82, 2.24) is 39.6 Å². The fourth-order valence-corrected chi connectivity index (χ4v) is 3.00. The summed E-state index contributed by atoms with van der Waals surface area (Å²) >= 11 is 0. The highest BCUT2D eigenvalue weighted by atomic mass is 16.2. The van der Waals surface area contributed by atoms with Crippen molar-refractivity contribution in [1.29, 1.82) is 0 Å². The molecule has 0 fully saturated rings. The Morgan fingerprint density at radius 1 is 0.512 bits per heavy atom. The quantitative estimate of drug-likeness (QED) is 0.157. The molecule has 0 unspecified atom stereocenters. The molecule has 0 aromatic carbocycles. The molecule has 0 aromatic rings. The Balaban J connectivity index is 4.72. The standard InChI is InChI=1S/C24H43N9O8/c1-27(17-34)11-19(36)29(3)13-21(38)31(5)15-23(40)33(7)16-24(41)32(6)14-22(39)30(4)12-20(37)28(2)10-18(35)26-9-8-25/h17H,8-16,25H2,1-7H3,(H,26,35). The van der Waals surface area contributed by atoms with E-state index in [0.29, 0.717) is 6.41 Å². The van der Waals surface area contributed by atoms with Gasteiger partial charge >= 0.3 is 0 Å². The lowest BCUT2D eigenvalue weighted by atomic mass is 10.3. The lowest BCUT2D eigenvalue weighted by molar-refractivity contribution is -0.145. The number of nitrogens with one attached hydrogen (secondary N) is 1. The van der Waals surface area contributed by atoms with E-state index < -0.39 is 35.4 Å². The van der Waals surface area contributed by atoms with Crippen LogP contribution in [0.1, 0.15) is 0 Å². The van der Waals surface area contributed by atoms with Crippen LogP contribution in [0, 0.1) is 0 Å². The van der Waals surface area contributed by atoms with Crippen LogP contribution in [0.15, 0.2) is 0 Å². The molecule has 0 aliphatic heterocycles. The van der Waals surface area contributed by atoms with Crippen LogP contribution in [0.4, 0.5) is 0 Å². The first-order chi connectivity index (χ1) is 19.0. The maximum Gasteiger partial charge on any atom is 0.242 e. The van der Waals surface area contributed by atoms with E-state index in [-0.39, 0.29) is 64.8 Å². The van der Waals surface area contributed by atoms with Crippen molar-refractivity contribution in [3.8, 4) is 0 Å². The highest BCUT2D eigenvalue weighted by Gasteiger charge is 2.24. The molecule has 0 atom stereocenters. The third kappa shape index (κ3) is 14.1. The summed E-state index contributed by atoms with van der Waals surface area (Å²) in [6.07, 6.45) is 0.483. The van der Waals surface area contributed by atoms with Gasteiger partial charge in [0.05, 0.1) is 45.8 Å². The molecule has 0 aliphatic carbocycles. The van der Waals surface area contributed by atoms with Gasteiger partial charge in [0.2, 0.25) is 47.8 Å². The Kier molecular flexibility index (Phi) is 16.2. The van der Waals surface area contributed by atoms with E-state index in [1.54, 1.807) is 0 Å². The zero-order valence-corrected chi connectivity index (χ0v) is 24.9. The number of carbonyl (C=O) groups excluding carboxylic acids is 8. The predicted octanol–water partition coefficient (Wildman–Crippen LogP) is -5.10. The SMILES string of the molecule is CN(C=O)CC(=O)N(C)CC(=O)N(C)CC(=O)N(C)CC(=O)N(C)CC(=O)N(C)CC(=O)N(C)CC(=O)NCCN. The summed E-state index contributed by atoms with van der Waals surface area (Å²) < 4.78 is 0. The monoisotopic (exact) mass is 585 g/mol. The molecule has 232 valence electrons. The van der Waals surface area contributed by atoms with Crippen molar-refractivity contribution in [2.45, 2.75) is 0 Å². The largest absolute Gasteiger partial charge is 0.353 e. The Bertz CT molecular complexity index is 977. The molecule has 0 bridgehead atoms. The maximum absolute atomic E-state index is 12.6. The average molecular weight is 586 g/mol. The number of rotatable bonds is 17. The normalized spacial score (nSPS) is 10.1. The van der Waals surface area contributed by atoms with Crippen LogP contribution < -0.4 is 11.1 Å². The zero-order chi connectivity index (χ0) is 31.9. The van der Waals surface area contributed by atoms with Crippen LogP contribution in [-0.2, 0) is 38.4 Å².